The first kappa shape index (κ1) is 11.3. The van der Waals surface area contributed by atoms with E-state index in [9.17, 15) is 0 Å². The monoisotopic (exact) mass is 238 g/mol. The number of hydrogen-bond donors (Lipinski definition) is 0. The summed E-state index contributed by atoms with van der Waals surface area (Å²) in [6.45, 7) is 0.652. The van der Waals surface area contributed by atoms with E-state index in [0.717, 1.165) is 5.75 Å². The fourth-order valence-corrected chi connectivity index (χ4v) is 2.54. The molecule has 0 amide bonds. The van der Waals surface area contributed by atoms with E-state index in [1.807, 2.05) is 18.2 Å². The second-order valence-corrected chi connectivity index (χ2v) is 4.91. The maximum atomic E-state index is 5.86. The third-order valence-corrected chi connectivity index (χ3v) is 3.57. The second kappa shape index (κ2) is 5.26. The van der Waals surface area contributed by atoms with Gasteiger partial charge in [0.25, 0.3) is 0 Å². The highest BCUT2D eigenvalue weighted by Gasteiger charge is 2.09. The normalized spacial score (nSPS) is 14.0. The summed E-state index contributed by atoms with van der Waals surface area (Å²) in [7, 11) is 0. The van der Waals surface area contributed by atoms with Gasteiger partial charge in [-0.25, -0.2) is 0 Å². The van der Waals surface area contributed by atoms with Crippen molar-refractivity contribution in [1.29, 1.82) is 0 Å². The van der Waals surface area contributed by atoms with Crippen molar-refractivity contribution in [3.8, 4) is 5.75 Å². The van der Waals surface area contributed by atoms with Gasteiger partial charge in [-0.2, -0.15) is 0 Å². The van der Waals surface area contributed by atoms with Crippen LogP contribution in [0.3, 0.4) is 0 Å². The molecule has 0 saturated carbocycles. The van der Waals surface area contributed by atoms with Crippen LogP contribution in [0, 0.1) is 0 Å². The summed E-state index contributed by atoms with van der Waals surface area (Å²) in [4.78, 5) is 0. The summed E-state index contributed by atoms with van der Waals surface area (Å²) in [5.41, 5.74) is 4.20. The summed E-state index contributed by atoms with van der Waals surface area (Å²) in [6.07, 6.45) is 5.08. The Morgan fingerprint density at radius 3 is 2.44 bits per heavy atom. The average molecular weight is 238 g/mol. The number of aryl methyl sites for hydroxylation is 2. The molecule has 0 bridgehead atoms. The zero-order chi connectivity index (χ0) is 12.2. The van der Waals surface area contributed by atoms with Gasteiger partial charge >= 0.3 is 0 Å². The van der Waals surface area contributed by atoms with Gasteiger partial charge in [-0.1, -0.05) is 36.4 Å². The molecule has 18 heavy (non-hydrogen) atoms. The molecule has 0 aromatic heterocycles. The Morgan fingerprint density at radius 2 is 1.61 bits per heavy atom. The molecule has 2 aromatic rings. The number of rotatable bonds is 3. The molecule has 1 heteroatoms. The molecule has 92 valence electrons. The molecule has 0 heterocycles. The molecule has 0 N–H and O–H groups in total. The molecule has 0 aliphatic heterocycles. The molecule has 0 radical (unpaired) electrons. The molecule has 0 unspecified atom stereocenters. The smallest absolute Gasteiger partial charge is 0.120 e. The number of benzene rings is 2. The number of ether oxygens (including phenoxy) is 1. The van der Waals surface area contributed by atoms with Gasteiger partial charge < -0.3 is 4.74 Å². The summed E-state index contributed by atoms with van der Waals surface area (Å²) in [6, 6.07) is 16.9. The number of fused-ring (bicyclic) bond motifs is 1. The lowest BCUT2D eigenvalue weighted by Crippen LogP contribution is -2.03. The van der Waals surface area contributed by atoms with Gasteiger partial charge in [-0.3, -0.25) is 0 Å². The van der Waals surface area contributed by atoms with Gasteiger partial charge in [0, 0.05) is 0 Å². The standard InChI is InChI=1S/C17H18O/c1-2-6-14(7-3-1)13-18-17-11-10-15-8-4-5-9-16(15)12-17/h1-3,6-7,10-12H,4-5,8-9,13H2. The van der Waals surface area contributed by atoms with Crippen LogP contribution in [0.25, 0.3) is 0 Å². The Morgan fingerprint density at radius 1 is 0.833 bits per heavy atom. The van der Waals surface area contributed by atoms with E-state index >= 15 is 0 Å². The van der Waals surface area contributed by atoms with Crippen LogP contribution in [0.4, 0.5) is 0 Å². The van der Waals surface area contributed by atoms with Crippen molar-refractivity contribution >= 4 is 0 Å². The van der Waals surface area contributed by atoms with E-state index in [2.05, 4.69) is 30.3 Å². The highest BCUT2D eigenvalue weighted by Crippen LogP contribution is 2.25. The first-order chi connectivity index (χ1) is 8.92. The van der Waals surface area contributed by atoms with Gasteiger partial charge in [-0.15, -0.1) is 0 Å². The zero-order valence-corrected chi connectivity index (χ0v) is 10.6. The van der Waals surface area contributed by atoms with Gasteiger partial charge in [0.1, 0.15) is 12.4 Å². The maximum absolute atomic E-state index is 5.86. The molecule has 0 fully saturated rings. The molecular formula is C17H18O. The molecular weight excluding hydrogens is 220 g/mol. The Balaban J connectivity index is 1.70. The van der Waals surface area contributed by atoms with E-state index in [-0.39, 0.29) is 0 Å². The lowest BCUT2D eigenvalue weighted by Gasteiger charge is -2.16. The minimum absolute atomic E-state index is 0.652. The molecule has 1 aliphatic rings. The van der Waals surface area contributed by atoms with Crippen LogP contribution in [0.5, 0.6) is 5.75 Å². The average Bonchev–Trinajstić information content (AvgIpc) is 2.46. The van der Waals surface area contributed by atoms with Crippen LogP contribution < -0.4 is 4.74 Å². The van der Waals surface area contributed by atoms with E-state index in [4.69, 9.17) is 4.74 Å². The molecule has 0 atom stereocenters. The molecule has 3 rings (SSSR count). The molecule has 1 aliphatic carbocycles. The van der Waals surface area contributed by atoms with Crippen molar-refractivity contribution in [2.24, 2.45) is 0 Å². The van der Waals surface area contributed by atoms with Crippen LogP contribution in [-0.2, 0) is 19.4 Å². The number of hydrogen-bond acceptors (Lipinski definition) is 1. The van der Waals surface area contributed by atoms with E-state index in [1.54, 1.807) is 0 Å². The summed E-state index contributed by atoms with van der Waals surface area (Å²) in [5, 5.41) is 0. The minimum Gasteiger partial charge on any atom is -0.489 e. The van der Waals surface area contributed by atoms with Crippen molar-refractivity contribution in [3.05, 3.63) is 65.2 Å². The fraction of sp³-hybridized carbons (Fsp3) is 0.294. The second-order valence-electron chi connectivity index (χ2n) is 4.91. The van der Waals surface area contributed by atoms with Gasteiger partial charge in [-0.05, 0) is 54.5 Å². The Kier molecular flexibility index (Phi) is 3.31. The molecule has 2 aromatic carbocycles. The third-order valence-electron chi connectivity index (χ3n) is 3.57. The van der Waals surface area contributed by atoms with E-state index < -0.39 is 0 Å². The van der Waals surface area contributed by atoms with Crippen molar-refractivity contribution < 1.29 is 4.74 Å². The van der Waals surface area contributed by atoms with Crippen molar-refractivity contribution in [3.63, 3.8) is 0 Å². The Labute approximate surface area is 108 Å². The van der Waals surface area contributed by atoms with Crippen molar-refractivity contribution in [2.45, 2.75) is 32.3 Å². The third kappa shape index (κ3) is 2.56. The zero-order valence-electron chi connectivity index (χ0n) is 10.6. The quantitative estimate of drug-likeness (QED) is 0.780. The lowest BCUT2D eigenvalue weighted by atomic mass is 9.92. The van der Waals surface area contributed by atoms with Crippen molar-refractivity contribution in [1.82, 2.24) is 0 Å². The van der Waals surface area contributed by atoms with E-state index in [1.165, 1.54) is 42.4 Å². The Bertz CT molecular complexity index is 516. The van der Waals surface area contributed by atoms with Gasteiger partial charge in [0.2, 0.25) is 0 Å². The first-order valence-corrected chi connectivity index (χ1v) is 6.70. The lowest BCUT2D eigenvalue weighted by molar-refractivity contribution is 0.305. The highest BCUT2D eigenvalue weighted by molar-refractivity contribution is 5.37. The van der Waals surface area contributed by atoms with E-state index in [0.29, 0.717) is 6.61 Å². The predicted molar refractivity (Wildman–Crippen MR) is 73.9 cm³/mol. The summed E-state index contributed by atoms with van der Waals surface area (Å²) >= 11 is 0. The Hall–Kier alpha value is -1.76. The molecule has 0 spiro atoms. The van der Waals surface area contributed by atoms with Crippen molar-refractivity contribution in [2.75, 3.05) is 0 Å². The van der Waals surface area contributed by atoms with Crippen LogP contribution in [-0.4, -0.2) is 0 Å². The molecule has 1 nitrogen and oxygen atoms in total. The van der Waals surface area contributed by atoms with Crippen LogP contribution in [0.15, 0.2) is 48.5 Å². The first-order valence-electron chi connectivity index (χ1n) is 6.70. The minimum atomic E-state index is 0.652. The van der Waals surface area contributed by atoms with Crippen LogP contribution in [0.2, 0.25) is 0 Å². The maximum Gasteiger partial charge on any atom is 0.120 e. The SMILES string of the molecule is c1ccc(COc2ccc3c(c2)CCCC3)cc1. The highest BCUT2D eigenvalue weighted by atomic mass is 16.5. The van der Waals surface area contributed by atoms with Gasteiger partial charge in [0.05, 0.1) is 0 Å². The summed E-state index contributed by atoms with van der Waals surface area (Å²) < 4.78 is 5.86. The van der Waals surface area contributed by atoms with Crippen LogP contribution >= 0.6 is 0 Å². The largest absolute Gasteiger partial charge is 0.489 e. The summed E-state index contributed by atoms with van der Waals surface area (Å²) in [5.74, 6) is 1.000. The van der Waals surface area contributed by atoms with Crippen LogP contribution in [0.1, 0.15) is 29.5 Å². The topological polar surface area (TPSA) is 9.23 Å². The predicted octanol–water partition coefficient (Wildman–Crippen LogP) is 4.14. The molecule has 0 saturated heterocycles. The van der Waals surface area contributed by atoms with Gasteiger partial charge in [0.15, 0.2) is 0 Å². The fourth-order valence-electron chi connectivity index (χ4n) is 2.54.